The van der Waals surface area contributed by atoms with E-state index in [0.29, 0.717) is 18.5 Å². The monoisotopic (exact) mass is 248 g/mol. The van der Waals surface area contributed by atoms with Crippen LogP contribution in [0.5, 0.6) is 0 Å². The number of aromatic nitrogens is 1. The van der Waals surface area contributed by atoms with Crippen LogP contribution in [0.15, 0.2) is 24.5 Å². The Hall–Kier alpha value is -2.21. The van der Waals surface area contributed by atoms with E-state index in [1.165, 1.54) is 13.1 Å². The van der Waals surface area contributed by atoms with E-state index in [-0.39, 0.29) is 11.8 Å². The molecule has 0 aliphatic carbocycles. The molecule has 4 N–H and O–H groups in total. The van der Waals surface area contributed by atoms with Crippen molar-refractivity contribution in [3.05, 3.63) is 35.7 Å². The predicted molar refractivity (Wildman–Crippen MR) is 68.2 cm³/mol. The number of pyridine rings is 1. The van der Waals surface area contributed by atoms with Crippen molar-refractivity contribution in [2.24, 2.45) is 5.84 Å². The SMILES string of the molecule is CC(=O)NCCC=Cc1cncc(C(=O)NN)c1. The molecule has 0 spiro atoms. The van der Waals surface area contributed by atoms with Crippen LogP contribution in [-0.2, 0) is 4.79 Å². The van der Waals surface area contributed by atoms with Crippen molar-refractivity contribution >= 4 is 17.9 Å². The molecule has 0 radical (unpaired) electrons. The maximum absolute atomic E-state index is 11.3. The molecule has 1 heterocycles. The lowest BCUT2D eigenvalue weighted by Crippen LogP contribution is -2.30. The first-order valence-corrected chi connectivity index (χ1v) is 5.50. The minimum absolute atomic E-state index is 0.0494. The number of nitrogens with two attached hydrogens (primary N) is 1. The summed E-state index contributed by atoms with van der Waals surface area (Å²) in [6.07, 6.45) is 7.53. The third kappa shape index (κ3) is 4.75. The van der Waals surface area contributed by atoms with Crippen LogP contribution in [-0.4, -0.2) is 23.3 Å². The Balaban J connectivity index is 2.54. The lowest BCUT2D eigenvalue weighted by Gasteiger charge is -2.00. The van der Waals surface area contributed by atoms with Crippen LogP contribution in [0, 0.1) is 0 Å². The third-order valence-electron chi connectivity index (χ3n) is 2.15. The van der Waals surface area contributed by atoms with E-state index in [0.717, 1.165) is 5.56 Å². The number of nitrogens with one attached hydrogen (secondary N) is 2. The van der Waals surface area contributed by atoms with Gasteiger partial charge in [-0.1, -0.05) is 12.2 Å². The first-order chi connectivity index (χ1) is 8.63. The number of carbonyl (C=O) groups is 2. The van der Waals surface area contributed by atoms with Crippen LogP contribution < -0.4 is 16.6 Å². The summed E-state index contributed by atoms with van der Waals surface area (Å²) in [5.74, 6) is 4.61. The molecule has 2 amide bonds. The highest BCUT2D eigenvalue weighted by Gasteiger charge is 2.03. The van der Waals surface area contributed by atoms with Crippen LogP contribution in [0.3, 0.4) is 0 Å². The summed E-state index contributed by atoms with van der Waals surface area (Å²) < 4.78 is 0. The summed E-state index contributed by atoms with van der Waals surface area (Å²) in [6.45, 7) is 2.06. The number of rotatable bonds is 5. The first kappa shape index (κ1) is 13.9. The number of nitrogen functional groups attached to an aromatic ring is 1. The van der Waals surface area contributed by atoms with Gasteiger partial charge in [0.1, 0.15) is 0 Å². The standard InChI is InChI=1S/C12H16N4O2/c1-9(17)15-5-3-2-4-10-6-11(8-14-7-10)12(18)16-13/h2,4,6-8H,3,5,13H2,1H3,(H,15,17)(H,16,18). The first-order valence-electron chi connectivity index (χ1n) is 5.50. The summed E-state index contributed by atoms with van der Waals surface area (Å²) in [6, 6.07) is 1.68. The number of nitrogens with zero attached hydrogens (tertiary/aromatic N) is 1. The van der Waals surface area contributed by atoms with Crippen LogP contribution in [0.2, 0.25) is 0 Å². The summed E-state index contributed by atoms with van der Waals surface area (Å²) >= 11 is 0. The lowest BCUT2D eigenvalue weighted by molar-refractivity contribution is -0.118. The van der Waals surface area contributed by atoms with E-state index in [4.69, 9.17) is 5.84 Å². The van der Waals surface area contributed by atoms with Crippen LogP contribution >= 0.6 is 0 Å². The topological polar surface area (TPSA) is 97.1 Å². The molecule has 1 aromatic rings. The van der Waals surface area contributed by atoms with Gasteiger partial charge in [0, 0.05) is 25.9 Å². The molecule has 0 aliphatic rings. The molecule has 0 aliphatic heterocycles. The van der Waals surface area contributed by atoms with Crippen LogP contribution in [0.4, 0.5) is 0 Å². The highest BCUT2D eigenvalue weighted by Crippen LogP contribution is 2.05. The van der Waals surface area contributed by atoms with Crippen molar-refractivity contribution < 1.29 is 9.59 Å². The van der Waals surface area contributed by atoms with Gasteiger partial charge in [0.05, 0.1) is 5.56 Å². The highest BCUT2D eigenvalue weighted by atomic mass is 16.2. The van der Waals surface area contributed by atoms with Crippen molar-refractivity contribution in [2.75, 3.05) is 6.54 Å². The number of hydrazine groups is 1. The number of hydrogen-bond donors (Lipinski definition) is 3. The van der Waals surface area contributed by atoms with Gasteiger partial charge in [-0.2, -0.15) is 0 Å². The molecule has 0 saturated heterocycles. The van der Waals surface area contributed by atoms with Crippen molar-refractivity contribution in [1.82, 2.24) is 15.7 Å². The molecular weight excluding hydrogens is 232 g/mol. The average Bonchev–Trinajstić information content (AvgIpc) is 2.37. The average molecular weight is 248 g/mol. The van der Waals surface area contributed by atoms with Gasteiger partial charge in [-0.05, 0) is 18.1 Å². The number of amides is 2. The molecule has 0 fully saturated rings. The summed E-state index contributed by atoms with van der Waals surface area (Å²) in [7, 11) is 0. The Labute approximate surface area is 105 Å². The predicted octanol–water partition coefficient (Wildman–Crippen LogP) is 0.225. The fourth-order valence-corrected chi connectivity index (χ4v) is 1.31. The zero-order chi connectivity index (χ0) is 13.4. The Morgan fingerprint density at radius 1 is 1.44 bits per heavy atom. The lowest BCUT2D eigenvalue weighted by atomic mass is 10.2. The van der Waals surface area contributed by atoms with Gasteiger partial charge in [-0.15, -0.1) is 0 Å². The van der Waals surface area contributed by atoms with E-state index in [1.807, 2.05) is 17.6 Å². The van der Waals surface area contributed by atoms with Gasteiger partial charge in [-0.3, -0.25) is 20.0 Å². The van der Waals surface area contributed by atoms with Crippen molar-refractivity contribution in [3.63, 3.8) is 0 Å². The molecular formula is C12H16N4O2. The maximum atomic E-state index is 11.3. The van der Waals surface area contributed by atoms with Crippen molar-refractivity contribution in [1.29, 1.82) is 0 Å². The number of hydrogen-bond acceptors (Lipinski definition) is 4. The van der Waals surface area contributed by atoms with Gasteiger partial charge in [0.2, 0.25) is 5.91 Å². The molecule has 1 rings (SSSR count). The second-order valence-corrected chi connectivity index (χ2v) is 3.65. The summed E-state index contributed by atoms with van der Waals surface area (Å²) in [5, 5.41) is 2.68. The molecule has 0 aromatic carbocycles. The second kappa shape index (κ2) is 7.18. The molecule has 0 unspecified atom stereocenters. The Bertz CT molecular complexity index is 457. The van der Waals surface area contributed by atoms with Crippen molar-refractivity contribution in [3.8, 4) is 0 Å². The van der Waals surface area contributed by atoms with E-state index >= 15 is 0 Å². The minimum Gasteiger partial charge on any atom is -0.356 e. The smallest absolute Gasteiger partial charge is 0.266 e. The summed E-state index contributed by atoms with van der Waals surface area (Å²) in [4.78, 5) is 25.8. The van der Waals surface area contributed by atoms with Gasteiger partial charge in [0.25, 0.3) is 5.91 Å². The molecule has 96 valence electrons. The van der Waals surface area contributed by atoms with Gasteiger partial charge < -0.3 is 5.32 Å². The van der Waals surface area contributed by atoms with Crippen LogP contribution in [0.25, 0.3) is 6.08 Å². The van der Waals surface area contributed by atoms with E-state index < -0.39 is 0 Å². The molecule has 6 nitrogen and oxygen atoms in total. The minimum atomic E-state index is -0.379. The van der Waals surface area contributed by atoms with Crippen molar-refractivity contribution in [2.45, 2.75) is 13.3 Å². The molecule has 0 saturated carbocycles. The quantitative estimate of drug-likeness (QED) is 0.300. The van der Waals surface area contributed by atoms with Gasteiger partial charge >= 0.3 is 0 Å². The van der Waals surface area contributed by atoms with Crippen LogP contribution in [0.1, 0.15) is 29.3 Å². The van der Waals surface area contributed by atoms with E-state index in [9.17, 15) is 9.59 Å². The van der Waals surface area contributed by atoms with E-state index in [2.05, 4.69) is 10.3 Å². The number of carbonyl (C=O) groups excluding carboxylic acids is 2. The second-order valence-electron chi connectivity index (χ2n) is 3.65. The molecule has 6 heteroatoms. The largest absolute Gasteiger partial charge is 0.356 e. The maximum Gasteiger partial charge on any atom is 0.266 e. The van der Waals surface area contributed by atoms with Gasteiger partial charge in [0.15, 0.2) is 0 Å². The van der Waals surface area contributed by atoms with Gasteiger partial charge in [-0.25, -0.2) is 5.84 Å². The van der Waals surface area contributed by atoms with E-state index in [1.54, 1.807) is 12.3 Å². The third-order valence-corrected chi connectivity index (χ3v) is 2.15. The Morgan fingerprint density at radius 3 is 2.89 bits per heavy atom. The molecule has 1 aromatic heterocycles. The fourth-order valence-electron chi connectivity index (χ4n) is 1.31. The molecule has 0 bridgehead atoms. The fraction of sp³-hybridized carbons (Fsp3) is 0.250. The zero-order valence-corrected chi connectivity index (χ0v) is 10.1. The highest BCUT2D eigenvalue weighted by molar-refractivity contribution is 5.93. The molecule has 18 heavy (non-hydrogen) atoms. The summed E-state index contributed by atoms with van der Waals surface area (Å²) in [5.41, 5.74) is 3.26. The zero-order valence-electron chi connectivity index (χ0n) is 10.1. The Morgan fingerprint density at radius 2 is 2.22 bits per heavy atom. The Kier molecular flexibility index (Phi) is 5.53. The normalized spacial score (nSPS) is 10.3. The molecule has 0 atom stereocenters.